The van der Waals surface area contributed by atoms with E-state index in [2.05, 4.69) is 11.9 Å². The molecule has 3 amide bonds. The number of carbonyl (C=O) groups excluding carboxylic acids is 2. The van der Waals surface area contributed by atoms with Crippen molar-refractivity contribution in [3.63, 3.8) is 0 Å². The Balaban J connectivity index is 1.75. The minimum Gasteiger partial charge on any atom is -0.467 e. The highest BCUT2D eigenvalue weighted by molar-refractivity contribution is 6.43. The number of anilines is 1. The second kappa shape index (κ2) is 10.9. The summed E-state index contributed by atoms with van der Waals surface area (Å²) in [6.07, 6.45) is 5.03. The molecular weight excluding hydrogens is 451 g/mol. The first-order valence-corrected chi connectivity index (χ1v) is 10.7. The van der Waals surface area contributed by atoms with E-state index >= 15 is 0 Å². The van der Waals surface area contributed by atoms with Crippen LogP contribution in [0.1, 0.15) is 11.5 Å². The number of urea groups is 1. The van der Waals surface area contributed by atoms with Gasteiger partial charge >= 0.3 is 6.03 Å². The molecule has 168 valence electrons. The molecule has 0 unspecified atom stereocenters. The number of rotatable bonds is 9. The Morgan fingerprint density at radius 1 is 1.12 bits per heavy atom. The third-order valence-electron chi connectivity index (χ3n) is 4.84. The molecule has 1 N–H and O–H groups in total. The van der Waals surface area contributed by atoms with Crippen LogP contribution >= 0.6 is 23.2 Å². The molecule has 32 heavy (non-hydrogen) atoms. The Morgan fingerprint density at radius 2 is 1.94 bits per heavy atom. The van der Waals surface area contributed by atoms with E-state index in [0.29, 0.717) is 23.0 Å². The third kappa shape index (κ3) is 5.96. The fourth-order valence-electron chi connectivity index (χ4n) is 3.11. The van der Waals surface area contributed by atoms with E-state index in [1.807, 2.05) is 29.9 Å². The van der Waals surface area contributed by atoms with Gasteiger partial charge in [0, 0.05) is 25.5 Å². The predicted molar refractivity (Wildman–Crippen MR) is 126 cm³/mol. The quantitative estimate of drug-likeness (QED) is 0.434. The van der Waals surface area contributed by atoms with E-state index in [1.165, 1.54) is 4.90 Å². The van der Waals surface area contributed by atoms with Crippen LogP contribution in [0, 0.1) is 0 Å². The van der Waals surface area contributed by atoms with Crippen LogP contribution in [0.25, 0.3) is 0 Å². The zero-order valence-electron chi connectivity index (χ0n) is 17.6. The van der Waals surface area contributed by atoms with Crippen molar-refractivity contribution in [2.75, 3.05) is 18.4 Å². The third-order valence-corrected chi connectivity index (χ3v) is 5.66. The first-order chi connectivity index (χ1) is 15.4. The molecule has 7 nitrogen and oxygen atoms in total. The van der Waals surface area contributed by atoms with Crippen LogP contribution in [0.4, 0.5) is 10.5 Å². The summed E-state index contributed by atoms with van der Waals surface area (Å²) in [6.45, 7) is 4.36. The largest absolute Gasteiger partial charge is 0.467 e. The lowest BCUT2D eigenvalue weighted by Crippen LogP contribution is -2.44. The summed E-state index contributed by atoms with van der Waals surface area (Å²) in [5, 5.41) is 3.26. The molecule has 1 aromatic carbocycles. The summed E-state index contributed by atoms with van der Waals surface area (Å²) in [5.41, 5.74) is 1.32. The molecule has 0 radical (unpaired) electrons. The average Bonchev–Trinajstić information content (AvgIpc) is 3.42. The molecule has 3 aromatic rings. The van der Waals surface area contributed by atoms with Gasteiger partial charge in [-0.1, -0.05) is 35.3 Å². The van der Waals surface area contributed by atoms with E-state index in [-0.39, 0.29) is 30.6 Å². The Kier molecular flexibility index (Phi) is 8.03. The Hall–Kier alpha value is -3.16. The number of hydrogen-bond acceptors (Lipinski definition) is 3. The highest BCUT2D eigenvalue weighted by Gasteiger charge is 2.23. The van der Waals surface area contributed by atoms with Gasteiger partial charge in [-0.15, -0.1) is 6.58 Å². The second-order valence-electron chi connectivity index (χ2n) is 7.14. The minimum absolute atomic E-state index is 0.152. The van der Waals surface area contributed by atoms with Crippen LogP contribution in [0.2, 0.25) is 10.0 Å². The van der Waals surface area contributed by atoms with E-state index < -0.39 is 6.03 Å². The molecule has 3 rings (SSSR count). The van der Waals surface area contributed by atoms with Crippen molar-refractivity contribution in [2.24, 2.45) is 7.05 Å². The maximum atomic E-state index is 13.2. The number of aryl methyl sites for hydroxylation is 1. The lowest BCUT2D eigenvalue weighted by Gasteiger charge is -2.27. The highest BCUT2D eigenvalue weighted by atomic mass is 35.5. The van der Waals surface area contributed by atoms with Crippen molar-refractivity contribution in [2.45, 2.75) is 13.1 Å². The van der Waals surface area contributed by atoms with Crippen LogP contribution in [-0.4, -0.2) is 39.4 Å². The van der Waals surface area contributed by atoms with Gasteiger partial charge in [0.25, 0.3) is 0 Å². The summed E-state index contributed by atoms with van der Waals surface area (Å²) in [6, 6.07) is 11.9. The Morgan fingerprint density at radius 3 is 2.59 bits per heavy atom. The molecular formula is C23H24Cl2N4O3. The average molecular weight is 475 g/mol. The van der Waals surface area contributed by atoms with Gasteiger partial charge < -0.3 is 24.1 Å². The van der Waals surface area contributed by atoms with E-state index in [1.54, 1.807) is 47.6 Å². The number of benzene rings is 1. The molecule has 0 fully saturated rings. The van der Waals surface area contributed by atoms with E-state index in [4.69, 9.17) is 27.6 Å². The normalized spacial score (nSPS) is 10.6. The standard InChI is InChI=1S/C23H24Cl2N4O3/c1-3-11-28(23(31)26-20-10-4-9-19(24)22(20)25)16-21(30)29(15-18-8-6-13-32-18)14-17-7-5-12-27(17)2/h3-10,12-13H,1,11,14-16H2,2H3,(H,26,31). The number of furan rings is 1. The van der Waals surface area contributed by atoms with Crippen molar-refractivity contribution in [1.82, 2.24) is 14.4 Å². The van der Waals surface area contributed by atoms with Crippen molar-refractivity contribution in [3.8, 4) is 0 Å². The molecule has 2 aromatic heterocycles. The van der Waals surface area contributed by atoms with Gasteiger partial charge in [-0.2, -0.15) is 0 Å². The molecule has 9 heteroatoms. The predicted octanol–water partition coefficient (Wildman–Crippen LogP) is 5.17. The smallest absolute Gasteiger partial charge is 0.322 e. The molecule has 0 saturated heterocycles. The number of halogens is 2. The minimum atomic E-state index is -0.487. The number of nitrogens with one attached hydrogen (secondary N) is 1. The summed E-state index contributed by atoms with van der Waals surface area (Å²) in [4.78, 5) is 29.1. The number of amides is 3. The maximum Gasteiger partial charge on any atom is 0.322 e. The van der Waals surface area contributed by atoms with Crippen LogP contribution in [0.3, 0.4) is 0 Å². The summed E-state index contributed by atoms with van der Waals surface area (Å²) in [7, 11) is 1.91. The van der Waals surface area contributed by atoms with Crippen LogP contribution in [0.15, 0.2) is 72.0 Å². The van der Waals surface area contributed by atoms with Gasteiger partial charge in [0.2, 0.25) is 5.91 Å². The van der Waals surface area contributed by atoms with Crippen LogP contribution in [0.5, 0.6) is 0 Å². The number of aromatic nitrogens is 1. The first-order valence-electron chi connectivity index (χ1n) is 9.90. The maximum absolute atomic E-state index is 13.2. The first kappa shape index (κ1) is 23.5. The lowest BCUT2D eigenvalue weighted by atomic mass is 10.3. The highest BCUT2D eigenvalue weighted by Crippen LogP contribution is 2.29. The van der Waals surface area contributed by atoms with Gasteiger partial charge in [-0.05, 0) is 36.4 Å². The van der Waals surface area contributed by atoms with Gasteiger partial charge in [-0.25, -0.2) is 4.79 Å². The van der Waals surface area contributed by atoms with Crippen molar-refractivity contribution in [3.05, 3.63) is 89.1 Å². The van der Waals surface area contributed by atoms with Crippen molar-refractivity contribution in [1.29, 1.82) is 0 Å². The van der Waals surface area contributed by atoms with Gasteiger partial charge in [0.1, 0.15) is 12.3 Å². The van der Waals surface area contributed by atoms with Crippen molar-refractivity contribution < 1.29 is 14.0 Å². The fourth-order valence-corrected chi connectivity index (χ4v) is 3.46. The molecule has 0 atom stereocenters. The lowest BCUT2D eigenvalue weighted by molar-refractivity contribution is -0.133. The zero-order chi connectivity index (χ0) is 23.1. The monoisotopic (exact) mass is 474 g/mol. The second-order valence-corrected chi connectivity index (χ2v) is 7.93. The summed E-state index contributed by atoms with van der Waals surface area (Å²) in [5.74, 6) is 0.412. The van der Waals surface area contributed by atoms with Crippen molar-refractivity contribution >= 4 is 40.8 Å². The Bertz CT molecular complexity index is 1080. The fraction of sp³-hybridized carbons (Fsp3) is 0.217. The summed E-state index contributed by atoms with van der Waals surface area (Å²) >= 11 is 12.2. The SMILES string of the molecule is C=CCN(CC(=O)N(Cc1ccco1)Cc1cccn1C)C(=O)Nc1cccc(Cl)c1Cl. The van der Waals surface area contributed by atoms with Gasteiger partial charge in [0.15, 0.2) is 0 Å². The molecule has 0 aliphatic carbocycles. The molecule has 0 spiro atoms. The molecule has 0 saturated carbocycles. The number of hydrogen-bond donors (Lipinski definition) is 1. The molecule has 2 heterocycles. The molecule has 0 aliphatic heterocycles. The zero-order valence-corrected chi connectivity index (χ0v) is 19.1. The Labute approximate surface area is 196 Å². The van der Waals surface area contributed by atoms with Crippen LogP contribution < -0.4 is 5.32 Å². The van der Waals surface area contributed by atoms with E-state index in [9.17, 15) is 9.59 Å². The molecule has 0 aliphatic rings. The number of carbonyl (C=O) groups is 2. The van der Waals surface area contributed by atoms with Gasteiger partial charge in [0.05, 0.1) is 35.1 Å². The van der Waals surface area contributed by atoms with Crippen LogP contribution in [-0.2, 0) is 24.9 Å². The topological polar surface area (TPSA) is 70.7 Å². The number of nitrogens with zero attached hydrogens (tertiary/aromatic N) is 3. The van der Waals surface area contributed by atoms with E-state index in [0.717, 1.165) is 5.69 Å². The molecule has 0 bridgehead atoms. The summed E-state index contributed by atoms with van der Waals surface area (Å²) < 4.78 is 7.37. The van der Waals surface area contributed by atoms with Gasteiger partial charge in [-0.3, -0.25) is 4.79 Å².